The summed E-state index contributed by atoms with van der Waals surface area (Å²) >= 11 is 3.17. The second-order valence-corrected chi connectivity index (χ2v) is 5.66. The minimum atomic E-state index is -0.772. The van der Waals surface area contributed by atoms with Gasteiger partial charge in [0.05, 0.1) is 11.1 Å². The van der Waals surface area contributed by atoms with Crippen LogP contribution in [0.25, 0.3) is 0 Å². The van der Waals surface area contributed by atoms with Gasteiger partial charge in [-0.2, -0.15) is 0 Å². The molecule has 0 aromatic heterocycles. The SMILES string of the molecule is CC(NCC1(O)CCOC1)c1ccc(F)c(Br)c1. The van der Waals surface area contributed by atoms with Gasteiger partial charge < -0.3 is 15.2 Å². The van der Waals surface area contributed by atoms with Gasteiger partial charge in [0.25, 0.3) is 0 Å². The molecule has 1 saturated heterocycles. The summed E-state index contributed by atoms with van der Waals surface area (Å²) in [6.45, 7) is 3.44. The largest absolute Gasteiger partial charge is 0.386 e. The van der Waals surface area contributed by atoms with E-state index in [1.54, 1.807) is 12.1 Å². The molecule has 1 heterocycles. The Hall–Kier alpha value is -0.490. The highest BCUT2D eigenvalue weighted by Crippen LogP contribution is 2.23. The van der Waals surface area contributed by atoms with Crippen molar-refractivity contribution in [3.05, 3.63) is 34.1 Å². The second kappa shape index (κ2) is 5.65. The molecule has 2 N–H and O–H groups in total. The molecular weight excluding hydrogens is 301 g/mol. The van der Waals surface area contributed by atoms with Crippen LogP contribution in [0.1, 0.15) is 24.9 Å². The molecule has 100 valence electrons. The molecule has 2 atom stereocenters. The summed E-state index contributed by atoms with van der Waals surface area (Å²) in [4.78, 5) is 0. The maximum absolute atomic E-state index is 13.1. The molecule has 1 aliphatic rings. The first-order valence-corrected chi connectivity index (χ1v) is 6.78. The fourth-order valence-electron chi connectivity index (χ4n) is 1.98. The predicted molar refractivity (Wildman–Crippen MR) is 70.9 cm³/mol. The number of hydrogen-bond acceptors (Lipinski definition) is 3. The Morgan fingerprint density at radius 2 is 2.39 bits per heavy atom. The van der Waals surface area contributed by atoms with E-state index in [1.807, 2.05) is 6.92 Å². The summed E-state index contributed by atoms with van der Waals surface area (Å²) in [5.41, 5.74) is 0.205. The molecule has 0 aliphatic carbocycles. The maximum atomic E-state index is 13.1. The van der Waals surface area contributed by atoms with Crippen LogP contribution in [0.5, 0.6) is 0 Å². The number of aliphatic hydroxyl groups is 1. The van der Waals surface area contributed by atoms with Crippen molar-refractivity contribution in [3.63, 3.8) is 0 Å². The monoisotopic (exact) mass is 317 g/mol. The number of nitrogens with one attached hydrogen (secondary N) is 1. The van der Waals surface area contributed by atoms with E-state index in [9.17, 15) is 9.50 Å². The predicted octanol–water partition coefficient (Wildman–Crippen LogP) is 2.39. The standard InChI is InChI=1S/C13H17BrFNO2/c1-9(10-2-3-12(15)11(14)6-10)16-7-13(17)4-5-18-8-13/h2-3,6,9,16-17H,4-5,7-8H2,1H3. The lowest BCUT2D eigenvalue weighted by Crippen LogP contribution is -2.41. The Morgan fingerprint density at radius 3 is 3.00 bits per heavy atom. The quantitative estimate of drug-likeness (QED) is 0.896. The van der Waals surface area contributed by atoms with E-state index in [0.29, 0.717) is 30.7 Å². The van der Waals surface area contributed by atoms with Crippen LogP contribution in [0.2, 0.25) is 0 Å². The van der Waals surface area contributed by atoms with Crippen LogP contribution in [0.4, 0.5) is 4.39 Å². The summed E-state index contributed by atoms with van der Waals surface area (Å²) < 4.78 is 18.8. The normalized spacial score (nSPS) is 25.3. The summed E-state index contributed by atoms with van der Waals surface area (Å²) in [5.74, 6) is -0.270. The van der Waals surface area contributed by atoms with Crippen LogP contribution in [-0.2, 0) is 4.74 Å². The third-order valence-corrected chi connectivity index (χ3v) is 3.87. The first-order valence-electron chi connectivity index (χ1n) is 5.99. The van der Waals surface area contributed by atoms with Crippen LogP contribution >= 0.6 is 15.9 Å². The number of rotatable bonds is 4. The van der Waals surface area contributed by atoms with Crippen molar-refractivity contribution in [1.29, 1.82) is 0 Å². The van der Waals surface area contributed by atoms with E-state index in [-0.39, 0.29) is 11.9 Å². The van der Waals surface area contributed by atoms with Crippen molar-refractivity contribution in [2.24, 2.45) is 0 Å². The molecule has 0 spiro atoms. The fraction of sp³-hybridized carbons (Fsp3) is 0.538. The second-order valence-electron chi connectivity index (χ2n) is 4.80. The first kappa shape index (κ1) is 13.9. The van der Waals surface area contributed by atoms with Crippen LogP contribution in [0.15, 0.2) is 22.7 Å². The van der Waals surface area contributed by atoms with Crippen molar-refractivity contribution in [2.75, 3.05) is 19.8 Å². The smallest absolute Gasteiger partial charge is 0.137 e. The molecule has 1 aromatic rings. The Labute approximate surface area is 114 Å². The van der Waals surface area contributed by atoms with Crippen LogP contribution < -0.4 is 5.32 Å². The highest BCUT2D eigenvalue weighted by molar-refractivity contribution is 9.10. The van der Waals surface area contributed by atoms with E-state index >= 15 is 0 Å². The van der Waals surface area contributed by atoms with Crippen molar-refractivity contribution in [2.45, 2.75) is 25.0 Å². The summed E-state index contributed by atoms with van der Waals surface area (Å²) in [5, 5.41) is 13.4. The molecule has 0 saturated carbocycles. The Morgan fingerprint density at radius 1 is 1.61 bits per heavy atom. The van der Waals surface area contributed by atoms with Gasteiger partial charge >= 0.3 is 0 Å². The Balaban J connectivity index is 1.94. The molecule has 5 heteroatoms. The summed E-state index contributed by atoms with van der Waals surface area (Å²) in [6, 6.07) is 4.98. The maximum Gasteiger partial charge on any atom is 0.137 e. The van der Waals surface area contributed by atoms with E-state index in [4.69, 9.17) is 4.74 Å². The van der Waals surface area contributed by atoms with Gasteiger partial charge in [-0.25, -0.2) is 4.39 Å². The molecule has 2 unspecified atom stereocenters. The van der Waals surface area contributed by atoms with E-state index in [0.717, 1.165) is 5.56 Å². The summed E-state index contributed by atoms with van der Waals surface area (Å²) in [6.07, 6.45) is 0.653. The van der Waals surface area contributed by atoms with Gasteiger partial charge in [0.1, 0.15) is 11.4 Å². The molecule has 0 radical (unpaired) electrons. The van der Waals surface area contributed by atoms with Gasteiger partial charge in [0.15, 0.2) is 0 Å². The minimum Gasteiger partial charge on any atom is -0.386 e. The van der Waals surface area contributed by atoms with Gasteiger partial charge in [-0.05, 0) is 40.5 Å². The first-order chi connectivity index (χ1) is 8.50. The Kier molecular flexibility index (Phi) is 4.37. The van der Waals surface area contributed by atoms with E-state index in [2.05, 4.69) is 21.2 Å². The van der Waals surface area contributed by atoms with Crippen LogP contribution in [0, 0.1) is 5.82 Å². The van der Waals surface area contributed by atoms with Crippen molar-refractivity contribution >= 4 is 15.9 Å². The van der Waals surface area contributed by atoms with Gasteiger partial charge in [0, 0.05) is 25.6 Å². The molecule has 1 fully saturated rings. The highest BCUT2D eigenvalue weighted by Gasteiger charge is 2.32. The Bertz CT molecular complexity index is 421. The zero-order valence-corrected chi connectivity index (χ0v) is 11.8. The third kappa shape index (κ3) is 3.29. The molecule has 0 bridgehead atoms. The van der Waals surface area contributed by atoms with E-state index in [1.165, 1.54) is 6.07 Å². The van der Waals surface area contributed by atoms with Crippen LogP contribution in [0.3, 0.4) is 0 Å². The molecule has 3 nitrogen and oxygen atoms in total. The lowest BCUT2D eigenvalue weighted by Gasteiger charge is -2.24. The van der Waals surface area contributed by atoms with Crippen molar-refractivity contribution < 1.29 is 14.2 Å². The van der Waals surface area contributed by atoms with Crippen molar-refractivity contribution in [1.82, 2.24) is 5.32 Å². The van der Waals surface area contributed by atoms with E-state index < -0.39 is 5.60 Å². The summed E-state index contributed by atoms with van der Waals surface area (Å²) in [7, 11) is 0. The fourth-order valence-corrected chi connectivity index (χ4v) is 2.38. The number of hydrogen-bond donors (Lipinski definition) is 2. The average Bonchev–Trinajstić information content (AvgIpc) is 2.77. The number of halogens is 2. The van der Waals surface area contributed by atoms with Crippen molar-refractivity contribution in [3.8, 4) is 0 Å². The minimum absolute atomic E-state index is 0.0477. The van der Waals surface area contributed by atoms with Gasteiger partial charge in [-0.1, -0.05) is 6.07 Å². The zero-order valence-electron chi connectivity index (χ0n) is 10.2. The molecular formula is C13H17BrFNO2. The van der Waals surface area contributed by atoms with Gasteiger partial charge in [0.2, 0.25) is 0 Å². The molecule has 2 rings (SSSR count). The lowest BCUT2D eigenvalue weighted by atomic mass is 10.0. The molecule has 0 amide bonds. The number of benzene rings is 1. The topological polar surface area (TPSA) is 41.5 Å². The van der Waals surface area contributed by atoms with Crippen LogP contribution in [-0.4, -0.2) is 30.5 Å². The molecule has 1 aromatic carbocycles. The average molecular weight is 318 g/mol. The molecule has 1 aliphatic heterocycles. The molecule has 18 heavy (non-hydrogen) atoms. The third-order valence-electron chi connectivity index (χ3n) is 3.26. The highest BCUT2D eigenvalue weighted by atomic mass is 79.9. The number of ether oxygens (including phenoxy) is 1. The van der Waals surface area contributed by atoms with Gasteiger partial charge in [-0.3, -0.25) is 0 Å². The zero-order chi connectivity index (χ0) is 13.2. The lowest BCUT2D eigenvalue weighted by molar-refractivity contribution is 0.0252. The van der Waals surface area contributed by atoms with Gasteiger partial charge in [-0.15, -0.1) is 0 Å².